The fourth-order valence-corrected chi connectivity index (χ4v) is 28.3. The highest BCUT2D eigenvalue weighted by Gasteiger charge is 2.62. The Hall–Kier alpha value is -10.2. The van der Waals surface area contributed by atoms with E-state index in [4.69, 9.17) is 22.1 Å². The van der Waals surface area contributed by atoms with Crippen LogP contribution in [0, 0.1) is 103 Å². The van der Waals surface area contributed by atoms with Crippen molar-refractivity contribution in [2.45, 2.75) is 335 Å². The monoisotopic (exact) mass is 1770 g/mol. The maximum Gasteiger partial charge on any atom is 0.227 e. The average Bonchev–Trinajstić information content (AvgIpc) is 0.974. The molecule has 132 heavy (non-hydrogen) atoms. The van der Waals surface area contributed by atoms with Gasteiger partial charge in [-0.1, -0.05) is 102 Å². The summed E-state index contributed by atoms with van der Waals surface area (Å²) >= 11 is 0. The van der Waals surface area contributed by atoms with Gasteiger partial charge in [-0.2, -0.15) is 0 Å². The van der Waals surface area contributed by atoms with Gasteiger partial charge in [-0.3, -0.25) is 9.80 Å². The second kappa shape index (κ2) is 30.9. The molecule has 15 aliphatic rings. The summed E-state index contributed by atoms with van der Waals surface area (Å²) < 4.78 is 31.9. The molecule has 3 saturated carbocycles. The number of rotatable bonds is 5. The second-order valence-electron chi connectivity index (χ2n) is 45.5. The van der Waals surface area contributed by atoms with Crippen LogP contribution < -0.4 is 24.5 Å². The molecule has 692 valence electrons. The Bertz CT molecular complexity index is 7150. The number of hydrogen-bond acceptors (Lipinski definition) is 17. The lowest BCUT2D eigenvalue weighted by Gasteiger charge is -2.68. The van der Waals surface area contributed by atoms with Crippen LogP contribution in [0.3, 0.4) is 0 Å². The molecule has 3 aliphatic carbocycles. The number of fused-ring (bicyclic) bond motifs is 30. The predicted molar refractivity (Wildman–Crippen MR) is 546 cm³/mol. The van der Waals surface area contributed by atoms with Crippen LogP contribution in [-0.4, -0.2) is 119 Å². The minimum Gasteiger partial charge on any atom is -0.436 e. The van der Waals surface area contributed by atoms with Gasteiger partial charge in [-0.25, -0.2) is 24.9 Å². The molecule has 17 heteroatoms. The van der Waals surface area contributed by atoms with E-state index in [0.717, 1.165) is 124 Å². The third-order valence-corrected chi connectivity index (χ3v) is 37.6. The van der Waals surface area contributed by atoms with Crippen LogP contribution in [0.1, 0.15) is 257 Å². The SMILES string of the molecule is Cc1ccc2c(n1)oc1c(N3C(C)C4(C)CCC3(C)C(C)C4C)c(C)ccc12.Cc1ccc2c(n1)oc1c(N3C(C)C4(C)CCC3(C)CC4)c(C)ccc12.Cc1ccc2c(n1)oc1c(N3C(C)C4(C)CCC3(C)CC4C)c(C)ccc12.Cc1ccc2c(n1)oc1c(N3C(C)N4CCC3(C)CC4)c(C)ccc12.Cc1ccc2c(n1)oc1c(N3C(C)N4CCC3(C)CC4C)c(C)ccc12. The zero-order valence-electron chi connectivity index (χ0n) is 84.0. The van der Waals surface area contributed by atoms with Crippen LogP contribution in [0.25, 0.3) is 110 Å². The van der Waals surface area contributed by atoms with E-state index in [1.54, 1.807) is 0 Å². The van der Waals surface area contributed by atoms with Crippen molar-refractivity contribution >= 4 is 139 Å². The molecular weight excluding hydrogens is 1630 g/mol. The fraction of sp³-hybridized carbons (Fsp3) is 0.522. The van der Waals surface area contributed by atoms with E-state index in [1.165, 1.54) is 186 Å². The number of hydrogen-bond donors (Lipinski definition) is 0. The van der Waals surface area contributed by atoms with Crippen LogP contribution in [0.5, 0.6) is 0 Å². The lowest BCUT2D eigenvalue weighted by molar-refractivity contribution is -0.0523. The molecule has 12 aliphatic heterocycles. The van der Waals surface area contributed by atoms with E-state index >= 15 is 0 Å². The maximum atomic E-state index is 6.44. The summed E-state index contributed by atoms with van der Waals surface area (Å²) in [6, 6.07) is 45.5. The van der Waals surface area contributed by atoms with Gasteiger partial charge in [0, 0.05) is 154 Å². The van der Waals surface area contributed by atoms with Crippen molar-refractivity contribution in [2.75, 3.05) is 44.1 Å². The molecule has 17 nitrogen and oxygen atoms in total. The second-order valence-corrected chi connectivity index (χ2v) is 45.5. The molecule has 0 N–H and O–H groups in total. The fourth-order valence-electron chi connectivity index (χ4n) is 28.3. The van der Waals surface area contributed by atoms with Crippen molar-refractivity contribution in [3.05, 3.63) is 178 Å². The van der Waals surface area contributed by atoms with Gasteiger partial charge in [0.2, 0.25) is 28.6 Å². The molecule has 12 saturated heterocycles. The number of furan rings is 5. The third-order valence-electron chi connectivity index (χ3n) is 37.6. The summed E-state index contributed by atoms with van der Waals surface area (Å²) in [4.78, 5) is 41.8. The van der Waals surface area contributed by atoms with E-state index in [1.807, 2.05) is 34.6 Å². The molecule has 30 rings (SSSR count). The minimum absolute atomic E-state index is 0.151. The van der Waals surface area contributed by atoms with Gasteiger partial charge >= 0.3 is 0 Å². The summed E-state index contributed by atoms with van der Waals surface area (Å²) in [7, 11) is 0. The van der Waals surface area contributed by atoms with Gasteiger partial charge < -0.3 is 46.6 Å². The summed E-state index contributed by atoms with van der Waals surface area (Å²) in [6.07, 6.45) is 17.2. The van der Waals surface area contributed by atoms with Gasteiger partial charge in [0.05, 0.1) is 40.8 Å². The summed E-state index contributed by atoms with van der Waals surface area (Å²) in [5.74, 6) is 2.11. The molecule has 15 unspecified atom stereocenters. The average molecular weight is 1770 g/mol. The van der Waals surface area contributed by atoms with Crippen LogP contribution >= 0.6 is 0 Å². The smallest absolute Gasteiger partial charge is 0.227 e. The van der Waals surface area contributed by atoms with Crippen molar-refractivity contribution in [1.82, 2.24) is 34.7 Å². The standard InChI is InChI=1S/C25H32N2O.C24H30N2O.C23H28N2O.C22H27N3O.C21H25N3O/c1-14-8-10-19-20-11-9-15(2)26-23(20)28-22(19)21(14)27-18(5)24(6)12-13-25(27,7)17(4)16(24)3;1-14-7-9-18-19-10-8-16(3)25-22(19)27-21(18)20(14)26-17(4)24(6)12-11-23(26,5)13-15(24)2;1-14-6-8-17-18-9-7-15(2)24-21(18)26-20(17)19(14)25-16(3)22(4)10-12-23(25,5)13-11-22;1-13-6-8-17-18-9-7-14(2)23-21(18)26-20(17)19(13)25-16(4)24-11-10-22(25,5)12-15(24)3;1-13-5-7-16-17-8-6-14(2)22-20(17)25-19(16)18(13)24-15(3)23-11-9-21(24,4)10-12-23/h8-11,16-18H,12-13H2,1-7H3;7-10,15,17H,11-13H2,1-6H3;6-9,16H,10-13H2,1-5H3;6-9,15-16H,10-12H2,1-5H3;5-8,15H,9-12H2,1-4H3. The Labute approximate surface area is 781 Å². The van der Waals surface area contributed by atoms with Gasteiger partial charge in [0.25, 0.3) is 0 Å². The summed E-state index contributed by atoms with van der Waals surface area (Å²) in [5.41, 5.74) is 28.7. The van der Waals surface area contributed by atoms with Crippen LogP contribution in [-0.2, 0) is 0 Å². The number of piperidine rings is 8. The number of nitrogens with zero attached hydrogens (tertiary/aromatic N) is 12. The van der Waals surface area contributed by atoms with E-state index in [0.29, 0.717) is 58.7 Å². The molecule has 5 aromatic carbocycles. The topological polar surface area (TPSA) is 153 Å². The predicted octanol–water partition coefficient (Wildman–Crippen LogP) is 28.8. The van der Waals surface area contributed by atoms with Gasteiger partial charge in [0.15, 0.2) is 27.9 Å². The molecule has 0 spiro atoms. The lowest BCUT2D eigenvalue weighted by Crippen LogP contribution is -2.72. The van der Waals surface area contributed by atoms with Crippen molar-refractivity contribution in [2.24, 2.45) is 34.0 Å². The Morgan fingerprint density at radius 1 is 0.273 bits per heavy atom. The number of pyridine rings is 5. The highest BCUT2D eigenvalue weighted by molar-refractivity contribution is 6.13. The number of benzene rings is 5. The largest absolute Gasteiger partial charge is 0.436 e. The Kier molecular flexibility index (Phi) is 20.7. The summed E-state index contributed by atoms with van der Waals surface area (Å²) in [6.45, 7) is 66.2. The molecule has 15 aromatic rings. The van der Waals surface area contributed by atoms with Crippen LogP contribution in [0.15, 0.2) is 143 Å². The van der Waals surface area contributed by atoms with Crippen molar-refractivity contribution in [1.29, 1.82) is 0 Å². The number of aromatic nitrogens is 5. The van der Waals surface area contributed by atoms with E-state index in [9.17, 15) is 0 Å². The third kappa shape index (κ3) is 13.2. The lowest BCUT2D eigenvalue weighted by atomic mass is 9.50. The van der Waals surface area contributed by atoms with Gasteiger partial charge in [0.1, 0.15) is 0 Å². The molecule has 0 amide bonds. The minimum atomic E-state index is 0.151. The molecule has 10 aromatic heterocycles. The quantitative estimate of drug-likeness (QED) is 0.160. The first kappa shape index (κ1) is 88.4. The van der Waals surface area contributed by atoms with Crippen LogP contribution in [0.4, 0.5) is 28.4 Å². The van der Waals surface area contributed by atoms with Crippen LogP contribution in [0.2, 0.25) is 0 Å². The van der Waals surface area contributed by atoms with Crippen molar-refractivity contribution < 1.29 is 22.1 Å². The van der Waals surface area contributed by atoms with E-state index < -0.39 is 0 Å². The molecule has 15 atom stereocenters. The Morgan fingerprint density at radius 3 is 0.932 bits per heavy atom. The zero-order chi connectivity index (χ0) is 93.0. The van der Waals surface area contributed by atoms with Crippen molar-refractivity contribution in [3.8, 4) is 0 Å². The Balaban J connectivity index is 0.0000000995. The number of aryl methyl sites for hydroxylation is 10. The first-order valence-electron chi connectivity index (χ1n) is 50.1. The maximum absolute atomic E-state index is 6.44. The van der Waals surface area contributed by atoms with Gasteiger partial charge in [-0.05, 0) is 351 Å². The molecule has 10 bridgehead atoms. The van der Waals surface area contributed by atoms with Crippen molar-refractivity contribution in [3.63, 3.8) is 0 Å². The highest BCUT2D eigenvalue weighted by atomic mass is 16.4. The molecule has 0 radical (unpaired) electrons. The molecule has 15 fully saturated rings. The zero-order valence-corrected chi connectivity index (χ0v) is 84.0. The first-order chi connectivity index (χ1) is 62.6. The number of anilines is 5. The van der Waals surface area contributed by atoms with E-state index in [2.05, 4.69) is 333 Å². The molecule has 22 heterocycles. The highest BCUT2D eigenvalue weighted by Crippen LogP contribution is 2.64. The van der Waals surface area contributed by atoms with E-state index in [-0.39, 0.29) is 27.7 Å². The summed E-state index contributed by atoms with van der Waals surface area (Å²) in [5, 5.41) is 11.5. The first-order valence-corrected chi connectivity index (χ1v) is 50.1. The van der Waals surface area contributed by atoms with Gasteiger partial charge in [-0.15, -0.1) is 0 Å². The Morgan fingerprint density at radius 2 is 0.576 bits per heavy atom. The normalized spacial score (nSPS) is 32.1. The molecular formula is C115H142N12O5.